The number of hydrogen-bond acceptors (Lipinski definition) is 4. The van der Waals surface area contributed by atoms with Crippen molar-refractivity contribution in [2.45, 2.75) is 51.7 Å². The molecule has 2 atom stereocenters. The normalized spacial score (nSPS) is 19.4. The highest BCUT2D eigenvalue weighted by Gasteiger charge is 2.15. The Morgan fingerprint density at radius 2 is 2.42 bits per heavy atom. The van der Waals surface area contributed by atoms with Crippen LogP contribution in [-0.2, 0) is 15.9 Å². The van der Waals surface area contributed by atoms with Crippen molar-refractivity contribution in [3.63, 3.8) is 0 Å². The minimum absolute atomic E-state index is 0.276. The molecule has 0 amide bonds. The quantitative estimate of drug-likeness (QED) is 0.390. The van der Waals surface area contributed by atoms with Crippen LogP contribution in [0.15, 0.2) is 27.8 Å². The number of rotatable bonds is 10. The standard InChI is InChI=1S/C18H31N3O3/c1-3-15(2)21-18(20-10-7-16-6-4-11-23-16)19-9-5-12-24-17-8-13-22-14-17/h4,6,11,15,17H,3,5,7-10,12-14H2,1-2H3,(H2,19,20,21). The maximum atomic E-state index is 5.77. The fourth-order valence-corrected chi connectivity index (χ4v) is 2.40. The zero-order chi connectivity index (χ0) is 17.0. The van der Waals surface area contributed by atoms with Crippen molar-refractivity contribution in [3.8, 4) is 0 Å². The van der Waals surface area contributed by atoms with Gasteiger partial charge in [0.1, 0.15) is 5.76 Å². The van der Waals surface area contributed by atoms with Gasteiger partial charge in [0.05, 0.1) is 19.0 Å². The molecule has 136 valence electrons. The summed E-state index contributed by atoms with van der Waals surface area (Å²) in [7, 11) is 0. The van der Waals surface area contributed by atoms with Crippen molar-refractivity contribution in [1.29, 1.82) is 0 Å². The van der Waals surface area contributed by atoms with Crippen LogP contribution in [0.4, 0.5) is 0 Å². The minimum atomic E-state index is 0.276. The van der Waals surface area contributed by atoms with Gasteiger partial charge in [0.2, 0.25) is 0 Å². The van der Waals surface area contributed by atoms with Crippen molar-refractivity contribution in [3.05, 3.63) is 24.2 Å². The summed E-state index contributed by atoms with van der Waals surface area (Å²) in [4.78, 5) is 4.65. The molecule has 2 rings (SSSR count). The van der Waals surface area contributed by atoms with E-state index in [4.69, 9.17) is 13.9 Å². The molecule has 0 radical (unpaired) electrons. The Bertz CT molecular complexity index is 456. The van der Waals surface area contributed by atoms with Gasteiger partial charge < -0.3 is 24.5 Å². The predicted molar refractivity (Wildman–Crippen MR) is 95.4 cm³/mol. The van der Waals surface area contributed by atoms with Crippen molar-refractivity contribution < 1.29 is 13.9 Å². The second kappa shape index (κ2) is 11.1. The summed E-state index contributed by atoms with van der Waals surface area (Å²) >= 11 is 0. The Hall–Kier alpha value is -1.53. The lowest BCUT2D eigenvalue weighted by molar-refractivity contribution is 0.0424. The summed E-state index contributed by atoms with van der Waals surface area (Å²) in [6.07, 6.45) is 5.82. The third kappa shape index (κ3) is 7.36. The molecule has 0 spiro atoms. The summed E-state index contributed by atoms with van der Waals surface area (Å²) in [5.74, 6) is 1.85. The fraction of sp³-hybridized carbons (Fsp3) is 0.722. The molecule has 6 nitrogen and oxygen atoms in total. The predicted octanol–water partition coefficient (Wildman–Crippen LogP) is 2.35. The van der Waals surface area contributed by atoms with Crippen LogP contribution < -0.4 is 10.6 Å². The number of nitrogens with one attached hydrogen (secondary N) is 2. The van der Waals surface area contributed by atoms with Crippen LogP contribution in [-0.4, -0.2) is 51.0 Å². The van der Waals surface area contributed by atoms with Crippen LogP contribution in [0.1, 0.15) is 38.9 Å². The molecular formula is C18H31N3O3. The number of guanidine groups is 1. The first kappa shape index (κ1) is 18.8. The molecule has 2 heterocycles. The van der Waals surface area contributed by atoms with E-state index < -0.39 is 0 Å². The molecule has 1 aromatic rings. The summed E-state index contributed by atoms with van der Waals surface area (Å²) in [6, 6.07) is 4.30. The molecule has 1 saturated heterocycles. The lowest BCUT2D eigenvalue weighted by Crippen LogP contribution is -2.43. The second-order valence-corrected chi connectivity index (χ2v) is 6.15. The molecule has 1 aromatic heterocycles. The van der Waals surface area contributed by atoms with Crippen molar-refractivity contribution >= 4 is 5.96 Å². The molecule has 6 heteroatoms. The van der Waals surface area contributed by atoms with Gasteiger partial charge in [-0.2, -0.15) is 0 Å². The molecule has 0 aliphatic carbocycles. The molecule has 2 unspecified atom stereocenters. The van der Waals surface area contributed by atoms with Crippen LogP contribution in [0.3, 0.4) is 0 Å². The van der Waals surface area contributed by atoms with Gasteiger partial charge in [-0.25, -0.2) is 0 Å². The van der Waals surface area contributed by atoms with Gasteiger partial charge >= 0.3 is 0 Å². The SMILES string of the molecule is CCC(C)NC(=NCCCOC1CCOC1)NCCc1ccco1. The van der Waals surface area contributed by atoms with E-state index >= 15 is 0 Å². The number of aliphatic imine (C=N–C) groups is 1. The summed E-state index contributed by atoms with van der Waals surface area (Å²) in [6.45, 7) is 8.17. The topological polar surface area (TPSA) is 68.0 Å². The third-order valence-electron chi connectivity index (χ3n) is 4.05. The first-order valence-electron chi connectivity index (χ1n) is 9.04. The molecule has 1 fully saturated rings. The van der Waals surface area contributed by atoms with Crippen molar-refractivity contribution in [2.75, 3.05) is 32.9 Å². The van der Waals surface area contributed by atoms with Crippen molar-refractivity contribution in [1.82, 2.24) is 10.6 Å². The average Bonchev–Trinajstić information content (AvgIpc) is 3.27. The largest absolute Gasteiger partial charge is 0.469 e. The average molecular weight is 337 g/mol. The Morgan fingerprint density at radius 3 is 3.12 bits per heavy atom. The first-order chi connectivity index (χ1) is 11.8. The molecule has 2 N–H and O–H groups in total. The zero-order valence-corrected chi connectivity index (χ0v) is 14.9. The smallest absolute Gasteiger partial charge is 0.191 e. The number of furan rings is 1. The van der Waals surface area contributed by atoms with Gasteiger partial charge in [0.25, 0.3) is 0 Å². The Balaban J connectivity index is 1.67. The third-order valence-corrected chi connectivity index (χ3v) is 4.05. The highest BCUT2D eigenvalue weighted by molar-refractivity contribution is 5.80. The van der Waals surface area contributed by atoms with Crippen LogP contribution in [0.25, 0.3) is 0 Å². The fourth-order valence-electron chi connectivity index (χ4n) is 2.40. The monoisotopic (exact) mass is 337 g/mol. The van der Waals surface area contributed by atoms with Gasteiger partial charge in [-0.1, -0.05) is 6.92 Å². The summed E-state index contributed by atoms with van der Waals surface area (Å²) in [5, 5.41) is 6.80. The van der Waals surface area contributed by atoms with E-state index in [9.17, 15) is 0 Å². The molecule has 1 aliphatic heterocycles. The number of hydrogen-bond donors (Lipinski definition) is 2. The summed E-state index contributed by atoms with van der Waals surface area (Å²) < 4.78 is 16.4. The highest BCUT2D eigenvalue weighted by Crippen LogP contribution is 2.08. The van der Waals surface area contributed by atoms with E-state index in [0.29, 0.717) is 6.04 Å². The second-order valence-electron chi connectivity index (χ2n) is 6.15. The Labute approximate surface area is 145 Å². The van der Waals surface area contributed by atoms with E-state index in [0.717, 1.165) is 70.3 Å². The van der Waals surface area contributed by atoms with Crippen molar-refractivity contribution in [2.24, 2.45) is 4.99 Å². The van der Waals surface area contributed by atoms with E-state index in [1.165, 1.54) is 0 Å². The number of nitrogens with zero attached hydrogens (tertiary/aromatic N) is 1. The minimum Gasteiger partial charge on any atom is -0.469 e. The lowest BCUT2D eigenvalue weighted by Gasteiger charge is -2.17. The summed E-state index contributed by atoms with van der Waals surface area (Å²) in [5.41, 5.74) is 0. The van der Waals surface area contributed by atoms with Crippen LogP contribution in [0.2, 0.25) is 0 Å². The highest BCUT2D eigenvalue weighted by atomic mass is 16.5. The molecule has 1 aliphatic rings. The number of ether oxygens (including phenoxy) is 2. The Kier molecular flexibility index (Phi) is 8.70. The molecular weight excluding hydrogens is 306 g/mol. The van der Waals surface area contributed by atoms with Gasteiger partial charge in [0.15, 0.2) is 5.96 Å². The van der Waals surface area contributed by atoms with Crippen LogP contribution >= 0.6 is 0 Å². The van der Waals surface area contributed by atoms with E-state index in [2.05, 4.69) is 29.5 Å². The maximum Gasteiger partial charge on any atom is 0.191 e. The van der Waals surface area contributed by atoms with E-state index in [1.807, 2.05) is 12.1 Å². The molecule has 0 bridgehead atoms. The Morgan fingerprint density at radius 1 is 1.50 bits per heavy atom. The first-order valence-corrected chi connectivity index (χ1v) is 9.04. The van der Waals surface area contributed by atoms with Crippen LogP contribution in [0, 0.1) is 0 Å². The molecule has 24 heavy (non-hydrogen) atoms. The van der Waals surface area contributed by atoms with Gasteiger partial charge in [-0.3, -0.25) is 4.99 Å². The molecule has 0 saturated carbocycles. The van der Waals surface area contributed by atoms with E-state index in [-0.39, 0.29) is 6.10 Å². The van der Waals surface area contributed by atoms with Gasteiger partial charge in [0, 0.05) is 38.8 Å². The van der Waals surface area contributed by atoms with Gasteiger partial charge in [-0.05, 0) is 38.3 Å². The molecule has 0 aromatic carbocycles. The van der Waals surface area contributed by atoms with Crippen LogP contribution in [0.5, 0.6) is 0 Å². The maximum absolute atomic E-state index is 5.77. The zero-order valence-electron chi connectivity index (χ0n) is 14.9. The van der Waals surface area contributed by atoms with Gasteiger partial charge in [-0.15, -0.1) is 0 Å². The lowest BCUT2D eigenvalue weighted by atomic mass is 10.3. The van der Waals surface area contributed by atoms with E-state index in [1.54, 1.807) is 6.26 Å².